The molecule has 18 heavy (non-hydrogen) atoms. The second kappa shape index (κ2) is 7.01. The zero-order chi connectivity index (χ0) is 13.5. The molecule has 1 unspecified atom stereocenters. The van der Waals surface area contributed by atoms with Gasteiger partial charge in [0.25, 0.3) is 5.91 Å². The third kappa shape index (κ3) is 4.37. The van der Waals surface area contributed by atoms with Gasteiger partial charge in [-0.25, -0.2) is 0 Å². The van der Waals surface area contributed by atoms with Gasteiger partial charge in [-0.2, -0.15) is 0 Å². The molecule has 0 radical (unpaired) electrons. The summed E-state index contributed by atoms with van der Waals surface area (Å²) in [6, 6.07) is 7.85. The average molecular weight is 251 g/mol. The van der Waals surface area contributed by atoms with Crippen LogP contribution in [-0.4, -0.2) is 44.2 Å². The Morgan fingerprint density at radius 1 is 1.33 bits per heavy atom. The molecule has 0 heterocycles. The van der Waals surface area contributed by atoms with Crippen molar-refractivity contribution in [2.24, 2.45) is 0 Å². The molecule has 0 spiro atoms. The predicted molar refractivity (Wildman–Crippen MR) is 70.8 cm³/mol. The first kappa shape index (κ1) is 14.5. The summed E-state index contributed by atoms with van der Waals surface area (Å²) in [6.07, 6.45) is -0.408. The van der Waals surface area contributed by atoms with Crippen molar-refractivity contribution in [3.8, 4) is 5.75 Å². The van der Waals surface area contributed by atoms with Crippen LogP contribution in [0.3, 0.4) is 0 Å². The molecule has 0 saturated carbocycles. The molecule has 0 aromatic heterocycles. The number of ether oxygens (including phenoxy) is 2. The van der Waals surface area contributed by atoms with E-state index in [1.165, 1.54) is 12.7 Å². The molecular weight excluding hydrogens is 230 g/mol. The van der Waals surface area contributed by atoms with Gasteiger partial charge in [-0.15, -0.1) is 0 Å². The first-order valence-electron chi connectivity index (χ1n) is 6.02. The van der Waals surface area contributed by atoms with E-state index in [0.717, 1.165) is 5.75 Å². The number of hydrogen-bond acceptors (Lipinski definition) is 3. The maximum Gasteiger partial charge on any atom is 0.251 e. The van der Waals surface area contributed by atoms with Crippen molar-refractivity contribution in [2.75, 3.05) is 27.3 Å². The van der Waals surface area contributed by atoms with E-state index < -0.39 is 6.10 Å². The first-order valence-corrected chi connectivity index (χ1v) is 6.02. The fourth-order valence-electron chi connectivity index (χ4n) is 1.46. The molecule has 0 aliphatic carbocycles. The number of amides is 1. The molecule has 100 valence electrons. The summed E-state index contributed by atoms with van der Waals surface area (Å²) in [5.74, 6) is 0.784. The van der Waals surface area contributed by atoms with Gasteiger partial charge in [0.2, 0.25) is 0 Å². The molecule has 0 fully saturated rings. The average Bonchev–Trinajstić information content (AvgIpc) is 2.39. The molecule has 1 aromatic rings. The van der Waals surface area contributed by atoms with Crippen LogP contribution in [0.4, 0.5) is 0 Å². The highest BCUT2D eigenvalue weighted by Gasteiger charge is 2.16. The number of likely N-dealkylation sites (N-methyl/N-ethyl adjacent to an activating group) is 1. The Balaban J connectivity index is 2.33. The number of carbonyl (C=O) groups excluding carboxylic acids is 1. The Morgan fingerprint density at radius 2 is 1.94 bits per heavy atom. The smallest absolute Gasteiger partial charge is 0.251 e. The fraction of sp³-hybridized carbons (Fsp3) is 0.500. The number of carbonyl (C=O) groups is 1. The lowest BCUT2D eigenvalue weighted by molar-refractivity contribution is -0.139. The minimum atomic E-state index is -0.408. The third-order valence-corrected chi connectivity index (χ3v) is 2.79. The van der Waals surface area contributed by atoms with Crippen molar-refractivity contribution in [1.82, 2.24) is 4.90 Å². The number of hydrogen-bond donors (Lipinski definition) is 0. The molecule has 0 aliphatic heterocycles. The van der Waals surface area contributed by atoms with Gasteiger partial charge in [-0.05, 0) is 26.0 Å². The molecule has 4 heteroatoms. The normalized spacial score (nSPS) is 12.0. The predicted octanol–water partition coefficient (Wildman–Crippen LogP) is 1.87. The molecule has 0 N–H and O–H groups in total. The Labute approximate surface area is 108 Å². The van der Waals surface area contributed by atoms with E-state index in [-0.39, 0.29) is 5.91 Å². The van der Waals surface area contributed by atoms with E-state index in [4.69, 9.17) is 9.47 Å². The number of nitrogens with zero attached hydrogens (tertiary/aromatic N) is 1. The van der Waals surface area contributed by atoms with Gasteiger partial charge in [0.15, 0.2) is 0 Å². The number of benzene rings is 1. The zero-order valence-electron chi connectivity index (χ0n) is 11.5. The number of methoxy groups -OCH3 is 1. The van der Waals surface area contributed by atoms with Crippen molar-refractivity contribution in [1.29, 1.82) is 0 Å². The SMILES string of the molecule is COC(C)C(=O)N(C)CCOc1ccc(C)cc1. The monoisotopic (exact) mass is 251 g/mol. The maximum absolute atomic E-state index is 11.7. The molecule has 0 aliphatic rings. The van der Waals surface area contributed by atoms with E-state index in [9.17, 15) is 4.79 Å². The third-order valence-electron chi connectivity index (χ3n) is 2.79. The van der Waals surface area contributed by atoms with Crippen LogP contribution in [0.1, 0.15) is 12.5 Å². The highest BCUT2D eigenvalue weighted by molar-refractivity contribution is 5.80. The van der Waals surface area contributed by atoms with Crippen molar-refractivity contribution >= 4 is 5.91 Å². The van der Waals surface area contributed by atoms with Gasteiger partial charge < -0.3 is 14.4 Å². The lowest BCUT2D eigenvalue weighted by Gasteiger charge is -2.20. The van der Waals surface area contributed by atoms with Gasteiger partial charge in [0.05, 0.1) is 6.54 Å². The van der Waals surface area contributed by atoms with E-state index in [0.29, 0.717) is 13.2 Å². The van der Waals surface area contributed by atoms with Crippen LogP contribution in [-0.2, 0) is 9.53 Å². The van der Waals surface area contributed by atoms with Crippen LogP contribution in [0.25, 0.3) is 0 Å². The van der Waals surface area contributed by atoms with E-state index in [2.05, 4.69) is 0 Å². The molecule has 1 atom stereocenters. The maximum atomic E-state index is 11.7. The summed E-state index contributed by atoms with van der Waals surface area (Å²) in [5, 5.41) is 0. The highest BCUT2D eigenvalue weighted by atomic mass is 16.5. The van der Waals surface area contributed by atoms with Crippen molar-refractivity contribution in [3.63, 3.8) is 0 Å². The Bertz CT molecular complexity index is 375. The van der Waals surface area contributed by atoms with Crippen molar-refractivity contribution in [3.05, 3.63) is 29.8 Å². The van der Waals surface area contributed by atoms with E-state index in [1.807, 2.05) is 31.2 Å². The number of aryl methyl sites for hydroxylation is 1. The van der Waals surface area contributed by atoms with Crippen LogP contribution in [0.5, 0.6) is 5.75 Å². The second-order valence-electron chi connectivity index (χ2n) is 4.30. The topological polar surface area (TPSA) is 38.8 Å². The molecule has 1 rings (SSSR count). The Kier molecular flexibility index (Phi) is 5.65. The van der Waals surface area contributed by atoms with Crippen LogP contribution >= 0.6 is 0 Å². The van der Waals surface area contributed by atoms with Gasteiger partial charge in [-0.3, -0.25) is 4.79 Å². The van der Waals surface area contributed by atoms with Crippen LogP contribution in [0.2, 0.25) is 0 Å². The van der Waals surface area contributed by atoms with Crippen LogP contribution < -0.4 is 4.74 Å². The standard InChI is InChI=1S/C14H21NO3/c1-11-5-7-13(8-6-11)18-10-9-15(3)14(16)12(2)17-4/h5-8,12H,9-10H2,1-4H3. The van der Waals surface area contributed by atoms with Crippen molar-refractivity contribution in [2.45, 2.75) is 20.0 Å². The molecule has 0 saturated heterocycles. The molecule has 1 aromatic carbocycles. The lowest BCUT2D eigenvalue weighted by Crippen LogP contribution is -2.38. The second-order valence-corrected chi connectivity index (χ2v) is 4.30. The first-order chi connectivity index (χ1) is 8.54. The summed E-state index contributed by atoms with van der Waals surface area (Å²) in [5.41, 5.74) is 1.20. The molecular formula is C14H21NO3. The van der Waals surface area contributed by atoms with Gasteiger partial charge in [0.1, 0.15) is 18.5 Å². The lowest BCUT2D eigenvalue weighted by atomic mass is 10.2. The summed E-state index contributed by atoms with van der Waals surface area (Å²) in [6.45, 7) is 4.78. The summed E-state index contributed by atoms with van der Waals surface area (Å²) in [7, 11) is 3.27. The highest BCUT2D eigenvalue weighted by Crippen LogP contribution is 2.11. The van der Waals surface area contributed by atoms with E-state index >= 15 is 0 Å². The minimum Gasteiger partial charge on any atom is -0.492 e. The van der Waals surface area contributed by atoms with Gasteiger partial charge >= 0.3 is 0 Å². The molecule has 0 bridgehead atoms. The largest absolute Gasteiger partial charge is 0.492 e. The Morgan fingerprint density at radius 3 is 2.50 bits per heavy atom. The van der Waals surface area contributed by atoms with Crippen LogP contribution in [0.15, 0.2) is 24.3 Å². The quantitative estimate of drug-likeness (QED) is 0.774. The Hall–Kier alpha value is -1.55. The van der Waals surface area contributed by atoms with Gasteiger partial charge in [0, 0.05) is 14.2 Å². The van der Waals surface area contributed by atoms with Crippen LogP contribution in [0, 0.1) is 6.92 Å². The molecule has 1 amide bonds. The summed E-state index contributed by atoms with van der Waals surface area (Å²) < 4.78 is 10.5. The zero-order valence-corrected chi connectivity index (χ0v) is 11.5. The van der Waals surface area contributed by atoms with Gasteiger partial charge in [-0.1, -0.05) is 17.7 Å². The fourth-order valence-corrected chi connectivity index (χ4v) is 1.46. The number of rotatable bonds is 6. The summed E-state index contributed by atoms with van der Waals surface area (Å²) >= 11 is 0. The van der Waals surface area contributed by atoms with Crippen molar-refractivity contribution < 1.29 is 14.3 Å². The minimum absolute atomic E-state index is 0.0370. The van der Waals surface area contributed by atoms with E-state index in [1.54, 1.807) is 18.9 Å². The summed E-state index contributed by atoms with van der Waals surface area (Å²) in [4.78, 5) is 13.3. The molecule has 4 nitrogen and oxygen atoms in total.